The third kappa shape index (κ3) is 3.91. The number of fused-ring (bicyclic) bond motifs is 1. The van der Waals surface area contributed by atoms with Crippen LogP contribution in [0.25, 0.3) is 0 Å². The fourth-order valence-electron chi connectivity index (χ4n) is 4.38. The molecule has 0 saturated heterocycles. The van der Waals surface area contributed by atoms with Gasteiger partial charge < -0.3 is 10.2 Å². The number of amides is 2. The molecule has 2 heterocycles. The summed E-state index contributed by atoms with van der Waals surface area (Å²) in [7, 11) is 0. The standard InChI is InChI=1S/C22H26N4O2/c1-15-23-12-11-20(24-15)25-21(27)19(13-16-7-3-2-4-8-16)26-14-17-9-5-6-10-18(17)22(26)28/h5-6,9-12,16,19H,2-4,7-8,13-14H2,1H3,(H,23,24,25,27)/t19-/m0/s1. The number of carbonyl (C=O) groups excluding carboxylic acids is 2. The Labute approximate surface area is 165 Å². The molecule has 146 valence electrons. The van der Waals surface area contributed by atoms with E-state index >= 15 is 0 Å². The van der Waals surface area contributed by atoms with Crippen LogP contribution >= 0.6 is 0 Å². The third-order valence-corrected chi connectivity index (χ3v) is 5.84. The maximum absolute atomic E-state index is 13.2. The number of aromatic nitrogens is 2. The lowest BCUT2D eigenvalue weighted by Gasteiger charge is -2.31. The summed E-state index contributed by atoms with van der Waals surface area (Å²) in [6.45, 7) is 2.28. The van der Waals surface area contributed by atoms with Gasteiger partial charge in [0.1, 0.15) is 17.7 Å². The molecule has 1 N–H and O–H groups in total. The molecule has 1 aromatic heterocycles. The van der Waals surface area contributed by atoms with Crippen molar-refractivity contribution in [3.8, 4) is 0 Å². The van der Waals surface area contributed by atoms with Crippen molar-refractivity contribution >= 4 is 17.6 Å². The molecule has 1 fully saturated rings. The van der Waals surface area contributed by atoms with Crippen LogP contribution < -0.4 is 5.32 Å². The van der Waals surface area contributed by atoms with Gasteiger partial charge in [-0.05, 0) is 37.0 Å². The van der Waals surface area contributed by atoms with E-state index in [1.54, 1.807) is 24.1 Å². The Morgan fingerprint density at radius 3 is 2.75 bits per heavy atom. The van der Waals surface area contributed by atoms with Crippen molar-refractivity contribution < 1.29 is 9.59 Å². The first-order chi connectivity index (χ1) is 13.6. The number of rotatable bonds is 5. The number of hydrogen-bond acceptors (Lipinski definition) is 4. The number of benzene rings is 1. The molecule has 0 spiro atoms. The highest BCUT2D eigenvalue weighted by molar-refractivity contribution is 6.03. The van der Waals surface area contributed by atoms with Crippen LogP contribution in [-0.4, -0.2) is 32.7 Å². The molecular formula is C22H26N4O2. The van der Waals surface area contributed by atoms with Gasteiger partial charge in [-0.3, -0.25) is 9.59 Å². The van der Waals surface area contributed by atoms with Crippen molar-refractivity contribution in [2.75, 3.05) is 5.32 Å². The minimum atomic E-state index is -0.488. The summed E-state index contributed by atoms with van der Waals surface area (Å²) in [5.74, 6) is 1.35. The third-order valence-electron chi connectivity index (χ3n) is 5.84. The van der Waals surface area contributed by atoms with Gasteiger partial charge in [-0.1, -0.05) is 50.3 Å². The number of nitrogens with one attached hydrogen (secondary N) is 1. The lowest BCUT2D eigenvalue weighted by atomic mass is 9.84. The van der Waals surface area contributed by atoms with Crippen LogP contribution in [0.1, 0.15) is 60.3 Å². The summed E-state index contributed by atoms with van der Waals surface area (Å²) < 4.78 is 0. The largest absolute Gasteiger partial charge is 0.322 e. The minimum Gasteiger partial charge on any atom is -0.322 e. The zero-order valence-electron chi connectivity index (χ0n) is 16.2. The molecule has 6 heteroatoms. The number of aryl methyl sites for hydroxylation is 1. The Morgan fingerprint density at radius 2 is 2.00 bits per heavy atom. The molecule has 0 unspecified atom stereocenters. The quantitative estimate of drug-likeness (QED) is 0.860. The Hall–Kier alpha value is -2.76. The Bertz CT molecular complexity index is 876. The first-order valence-electron chi connectivity index (χ1n) is 10.1. The molecule has 2 aromatic rings. The fourth-order valence-corrected chi connectivity index (χ4v) is 4.38. The van der Waals surface area contributed by atoms with E-state index in [4.69, 9.17) is 0 Å². The highest BCUT2D eigenvalue weighted by Gasteiger charge is 2.37. The molecule has 1 saturated carbocycles. The predicted octanol–water partition coefficient (Wildman–Crippen LogP) is 3.72. The first kappa shape index (κ1) is 18.6. The summed E-state index contributed by atoms with van der Waals surface area (Å²) in [5, 5.41) is 2.91. The predicted molar refractivity (Wildman–Crippen MR) is 107 cm³/mol. The van der Waals surface area contributed by atoms with E-state index in [0.29, 0.717) is 36.1 Å². The molecule has 1 aromatic carbocycles. The topological polar surface area (TPSA) is 75.2 Å². The minimum absolute atomic E-state index is 0.0505. The van der Waals surface area contributed by atoms with Gasteiger partial charge in [0.15, 0.2) is 0 Å². The molecule has 4 rings (SSSR count). The molecule has 0 radical (unpaired) electrons. The maximum atomic E-state index is 13.2. The van der Waals surface area contributed by atoms with E-state index in [2.05, 4.69) is 15.3 Å². The summed E-state index contributed by atoms with van der Waals surface area (Å²) in [6, 6.07) is 8.83. The van der Waals surface area contributed by atoms with Gasteiger partial charge in [-0.25, -0.2) is 9.97 Å². The fraction of sp³-hybridized carbons (Fsp3) is 0.455. The molecule has 28 heavy (non-hydrogen) atoms. The Kier molecular flexibility index (Phi) is 5.37. The summed E-state index contributed by atoms with van der Waals surface area (Å²) in [5.41, 5.74) is 1.70. The van der Waals surface area contributed by atoms with Gasteiger partial charge in [0, 0.05) is 18.3 Å². The highest BCUT2D eigenvalue weighted by Crippen LogP contribution is 2.32. The lowest BCUT2D eigenvalue weighted by molar-refractivity contribution is -0.121. The SMILES string of the molecule is Cc1nccc(NC(=O)[C@H](CC2CCCCC2)N2Cc3ccccc3C2=O)n1. The Morgan fingerprint density at radius 1 is 1.21 bits per heavy atom. The molecular weight excluding hydrogens is 352 g/mol. The number of anilines is 1. The molecule has 2 amide bonds. The van der Waals surface area contributed by atoms with Crippen LogP contribution in [0.15, 0.2) is 36.5 Å². The monoisotopic (exact) mass is 378 g/mol. The number of carbonyl (C=O) groups is 2. The highest BCUT2D eigenvalue weighted by atomic mass is 16.2. The van der Waals surface area contributed by atoms with Crippen molar-refractivity contribution in [2.24, 2.45) is 5.92 Å². The van der Waals surface area contributed by atoms with Crippen LogP contribution in [-0.2, 0) is 11.3 Å². The number of nitrogens with zero attached hydrogens (tertiary/aromatic N) is 3. The molecule has 1 aliphatic heterocycles. The smallest absolute Gasteiger partial charge is 0.255 e. The zero-order valence-corrected chi connectivity index (χ0v) is 16.2. The van der Waals surface area contributed by atoms with E-state index in [9.17, 15) is 9.59 Å². The zero-order chi connectivity index (χ0) is 19.5. The van der Waals surface area contributed by atoms with Gasteiger partial charge >= 0.3 is 0 Å². The average Bonchev–Trinajstić information content (AvgIpc) is 3.03. The second kappa shape index (κ2) is 8.09. The van der Waals surface area contributed by atoms with Gasteiger partial charge in [0.25, 0.3) is 5.91 Å². The summed E-state index contributed by atoms with van der Waals surface area (Å²) >= 11 is 0. The second-order valence-corrected chi connectivity index (χ2v) is 7.82. The normalized spacial score (nSPS) is 18.0. The van der Waals surface area contributed by atoms with Crippen molar-refractivity contribution in [3.63, 3.8) is 0 Å². The first-order valence-corrected chi connectivity index (χ1v) is 10.1. The summed E-state index contributed by atoms with van der Waals surface area (Å²) in [4.78, 5) is 36.3. The van der Waals surface area contributed by atoms with Crippen molar-refractivity contribution in [2.45, 2.75) is 58.0 Å². The molecule has 1 aliphatic carbocycles. The van der Waals surface area contributed by atoms with Crippen LogP contribution in [0.5, 0.6) is 0 Å². The summed E-state index contributed by atoms with van der Waals surface area (Å²) in [6.07, 6.45) is 8.27. The van der Waals surface area contributed by atoms with Crippen LogP contribution in [0.3, 0.4) is 0 Å². The molecule has 0 bridgehead atoms. The lowest BCUT2D eigenvalue weighted by Crippen LogP contribution is -2.45. The maximum Gasteiger partial charge on any atom is 0.255 e. The van der Waals surface area contributed by atoms with Gasteiger partial charge in [0.05, 0.1) is 0 Å². The van der Waals surface area contributed by atoms with Crippen LogP contribution in [0.2, 0.25) is 0 Å². The van der Waals surface area contributed by atoms with E-state index in [1.807, 2.05) is 24.3 Å². The van der Waals surface area contributed by atoms with Crippen molar-refractivity contribution in [1.82, 2.24) is 14.9 Å². The molecule has 1 atom stereocenters. The van der Waals surface area contributed by atoms with Gasteiger partial charge in [0.2, 0.25) is 5.91 Å². The van der Waals surface area contributed by atoms with E-state index < -0.39 is 6.04 Å². The molecule has 2 aliphatic rings. The molecule has 6 nitrogen and oxygen atoms in total. The van der Waals surface area contributed by atoms with Crippen LogP contribution in [0, 0.1) is 12.8 Å². The Balaban J connectivity index is 1.57. The van der Waals surface area contributed by atoms with Gasteiger partial charge in [-0.2, -0.15) is 0 Å². The second-order valence-electron chi connectivity index (χ2n) is 7.82. The van der Waals surface area contributed by atoms with E-state index in [1.165, 1.54) is 19.3 Å². The number of hydrogen-bond donors (Lipinski definition) is 1. The van der Waals surface area contributed by atoms with Crippen molar-refractivity contribution in [3.05, 3.63) is 53.5 Å². The van der Waals surface area contributed by atoms with E-state index in [0.717, 1.165) is 18.4 Å². The van der Waals surface area contributed by atoms with Gasteiger partial charge in [-0.15, -0.1) is 0 Å². The van der Waals surface area contributed by atoms with Crippen LogP contribution in [0.4, 0.5) is 5.82 Å². The average molecular weight is 378 g/mol. The van der Waals surface area contributed by atoms with Crippen molar-refractivity contribution in [1.29, 1.82) is 0 Å². The van der Waals surface area contributed by atoms with E-state index in [-0.39, 0.29) is 11.8 Å².